The Bertz CT molecular complexity index is 1060. The van der Waals surface area contributed by atoms with Gasteiger partial charge in [-0.3, -0.25) is 0 Å². The van der Waals surface area contributed by atoms with Crippen molar-refractivity contribution < 1.29 is 9.53 Å². The van der Waals surface area contributed by atoms with Crippen LogP contribution in [0.1, 0.15) is 37.9 Å². The molecule has 1 amide bonds. The number of hydrogen-bond donors (Lipinski definition) is 2. The van der Waals surface area contributed by atoms with E-state index in [9.17, 15) is 4.79 Å². The number of anilines is 1. The molecule has 29 heavy (non-hydrogen) atoms. The molecule has 0 spiro atoms. The molecule has 1 aliphatic carbocycles. The summed E-state index contributed by atoms with van der Waals surface area (Å²) in [5, 5.41) is 9.03. The Kier molecular flexibility index (Phi) is 5.01. The van der Waals surface area contributed by atoms with Gasteiger partial charge in [-0.15, -0.1) is 0 Å². The first-order valence-corrected chi connectivity index (χ1v) is 9.92. The van der Waals surface area contributed by atoms with E-state index in [4.69, 9.17) is 4.74 Å². The molecule has 0 bridgehead atoms. The summed E-state index contributed by atoms with van der Waals surface area (Å²) in [5.41, 5.74) is 2.66. The van der Waals surface area contributed by atoms with Crippen LogP contribution in [-0.4, -0.2) is 17.7 Å². The van der Waals surface area contributed by atoms with Gasteiger partial charge in [0.2, 0.25) is 0 Å². The second-order valence-electron chi connectivity index (χ2n) is 8.31. The Morgan fingerprint density at radius 1 is 0.931 bits per heavy atom. The van der Waals surface area contributed by atoms with Crippen molar-refractivity contribution in [3.8, 4) is 0 Å². The average Bonchev–Trinajstić information content (AvgIpc) is 2.68. The van der Waals surface area contributed by atoms with E-state index in [0.29, 0.717) is 0 Å². The average molecular weight is 386 g/mol. The molecule has 0 saturated carbocycles. The maximum Gasteiger partial charge on any atom is 0.408 e. The summed E-state index contributed by atoms with van der Waals surface area (Å²) in [5.74, 6) is 0. The molecule has 4 heteroatoms. The normalized spacial score (nSPS) is 18.2. The van der Waals surface area contributed by atoms with Crippen LogP contribution in [0.5, 0.6) is 0 Å². The Morgan fingerprint density at radius 2 is 1.66 bits per heavy atom. The molecule has 0 unspecified atom stereocenters. The predicted octanol–water partition coefficient (Wildman–Crippen LogP) is 5.91. The van der Waals surface area contributed by atoms with Crippen LogP contribution < -0.4 is 10.6 Å². The molecule has 0 radical (unpaired) electrons. The molecule has 3 aromatic carbocycles. The van der Waals surface area contributed by atoms with Gasteiger partial charge in [-0.05, 0) is 43.4 Å². The summed E-state index contributed by atoms with van der Waals surface area (Å²) in [6.07, 6.45) is 3.79. The number of carbonyl (C=O) groups is 1. The first-order chi connectivity index (χ1) is 13.9. The summed E-state index contributed by atoms with van der Waals surface area (Å²) >= 11 is 0. The van der Waals surface area contributed by atoms with Crippen LogP contribution in [0.4, 0.5) is 10.5 Å². The number of carbonyl (C=O) groups excluding carboxylic acids is 1. The fourth-order valence-corrected chi connectivity index (χ4v) is 3.72. The van der Waals surface area contributed by atoms with Gasteiger partial charge < -0.3 is 15.4 Å². The highest BCUT2D eigenvalue weighted by Crippen LogP contribution is 2.32. The van der Waals surface area contributed by atoms with E-state index in [0.717, 1.165) is 22.2 Å². The molecule has 0 saturated heterocycles. The first-order valence-electron chi connectivity index (χ1n) is 9.92. The maximum atomic E-state index is 12.6. The molecule has 0 aromatic heterocycles. The van der Waals surface area contributed by atoms with E-state index < -0.39 is 11.7 Å². The van der Waals surface area contributed by atoms with Crippen molar-refractivity contribution in [3.63, 3.8) is 0 Å². The number of hydrogen-bond acceptors (Lipinski definition) is 3. The molecule has 148 valence electrons. The van der Waals surface area contributed by atoms with Gasteiger partial charge in [0.25, 0.3) is 0 Å². The summed E-state index contributed by atoms with van der Waals surface area (Å²) in [6, 6.07) is 22.3. The Balaban J connectivity index is 1.66. The lowest BCUT2D eigenvalue weighted by Gasteiger charge is -2.33. The van der Waals surface area contributed by atoms with Gasteiger partial charge >= 0.3 is 6.09 Å². The van der Waals surface area contributed by atoms with Crippen molar-refractivity contribution in [2.75, 3.05) is 5.32 Å². The van der Waals surface area contributed by atoms with Crippen molar-refractivity contribution in [2.24, 2.45) is 0 Å². The third-order valence-corrected chi connectivity index (χ3v) is 4.96. The molecule has 2 atom stereocenters. The molecule has 2 N–H and O–H groups in total. The van der Waals surface area contributed by atoms with Gasteiger partial charge in [-0.25, -0.2) is 4.79 Å². The predicted molar refractivity (Wildman–Crippen MR) is 119 cm³/mol. The van der Waals surface area contributed by atoms with E-state index in [1.165, 1.54) is 5.39 Å². The molecule has 0 heterocycles. The number of rotatable bonds is 3. The largest absolute Gasteiger partial charge is 0.444 e. The Hall–Kier alpha value is -3.27. The minimum atomic E-state index is -0.549. The van der Waals surface area contributed by atoms with Gasteiger partial charge in [0, 0.05) is 11.1 Å². The number of ether oxygens (including phenoxy) is 1. The van der Waals surface area contributed by atoms with E-state index in [1.807, 2.05) is 51.1 Å². The smallest absolute Gasteiger partial charge is 0.408 e. The summed E-state index contributed by atoms with van der Waals surface area (Å²) in [7, 11) is 0. The van der Waals surface area contributed by atoms with Crippen molar-refractivity contribution in [1.29, 1.82) is 0 Å². The van der Waals surface area contributed by atoms with Crippen molar-refractivity contribution in [3.05, 3.63) is 83.9 Å². The van der Waals surface area contributed by atoms with Gasteiger partial charge in [0.15, 0.2) is 0 Å². The summed E-state index contributed by atoms with van der Waals surface area (Å²) in [4.78, 5) is 12.6. The lowest BCUT2D eigenvalue weighted by atomic mass is 9.89. The topological polar surface area (TPSA) is 50.4 Å². The monoisotopic (exact) mass is 386 g/mol. The maximum absolute atomic E-state index is 12.6. The fourth-order valence-electron chi connectivity index (χ4n) is 3.72. The third kappa shape index (κ3) is 4.27. The zero-order valence-corrected chi connectivity index (χ0v) is 17.0. The number of benzene rings is 3. The molecular weight excluding hydrogens is 360 g/mol. The number of amides is 1. The van der Waals surface area contributed by atoms with Gasteiger partial charge in [0.1, 0.15) is 5.60 Å². The standard InChI is InChI=1S/C25H26N2O2/c1-25(2,3)29-24(28)27-23-20-13-7-5-10-18(20)15-16-22(23)26-21-14-8-11-17-9-4-6-12-19(17)21/h4-16,22-23,26H,1-3H3,(H,27,28)/t22-,23-/m0/s1. The number of nitrogens with one attached hydrogen (secondary N) is 2. The van der Waals surface area contributed by atoms with Crippen LogP contribution in [0.15, 0.2) is 72.8 Å². The Labute approximate surface area is 171 Å². The molecule has 1 aliphatic rings. The van der Waals surface area contributed by atoms with Crippen LogP contribution in [0.3, 0.4) is 0 Å². The van der Waals surface area contributed by atoms with Crippen LogP contribution in [-0.2, 0) is 4.74 Å². The van der Waals surface area contributed by atoms with E-state index >= 15 is 0 Å². The lowest BCUT2D eigenvalue weighted by molar-refractivity contribution is 0.0501. The highest BCUT2D eigenvalue weighted by Gasteiger charge is 2.29. The summed E-state index contributed by atoms with van der Waals surface area (Å²) < 4.78 is 5.52. The molecule has 0 aliphatic heterocycles. The molecule has 3 aromatic rings. The molecule has 4 rings (SSSR count). The van der Waals surface area contributed by atoms with Crippen molar-refractivity contribution in [1.82, 2.24) is 5.32 Å². The minimum Gasteiger partial charge on any atom is -0.444 e. The fraction of sp³-hybridized carbons (Fsp3) is 0.240. The summed E-state index contributed by atoms with van der Waals surface area (Å²) in [6.45, 7) is 5.60. The van der Waals surface area contributed by atoms with Crippen molar-refractivity contribution in [2.45, 2.75) is 38.5 Å². The van der Waals surface area contributed by atoms with Gasteiger partial charge in [-0.2, -0.15) is 0 Å². The van der Waals surface area contributed by atoms with Crippen LogP contribution in [0.2, 0.25) is 0 Å². The molecule has 0 fully saturated rings. The second-order valence-corrected chi connectivity index (χ2v) is 8.31. The molecular formula is C25H26N2O2. The van der Waals surface area contributed by atoms with E-state index in [1.54, 1.807) is 0 Å². The van der Waals surface area contributed by atoms with Crippen molar-refractivity contribution >= 4 is 28.6 Å². The van der Waals surface area contributed by atoms with Gasteiger partial charge in [0.05, 0.1) is 12.1 Å². The minimum absolute atomic E-state index is 0.108. The second kappa shape index (κ2) is 7.63. The molecule has 4 nitrogen and oxygen atoms in total. The van der Waals surface area contributed by atoms with Crippen LogP contribution in [0.25, 0.3) is 16.8 Å². The third-order valence-electron chi connectivity index (χ3n) is 4.96. The lowest BCUT2D eigenvalue weighted by Crippen LogP contribution is -2.43. The van der Waals surface area contributed by atoms with E-state index in [2.05, 4.69) is 59.2 Å². The first kappa shape index (κ1) is 19.1. The van der Waals surface area contributed by atoms with Crippen LogP contribution >= 0.6 is 0 Å². The SMILES string of the molecule is CC(C)(C)OC(=O)N[C@H]1c2ccccc2C=C[C@@H]1Nc1cccc2ccccc12. The van der Waals surface area contributed by atoms with Gasteiger partial charge in [-0.1, -0.05) is 72.8 Å². The van der Waals surface area contributed by atoms with Crippen LogP contribution in [0, 0.1) is 0 Å². The number of alkyl carbamates (subject to hydrolysis) is 1. The quantitative estimate of drug-likeness (QED) is 0.588. The number of fused-ring (bicyclic) bond motifs is 2. The highest BCUT2D eigenvalue weighted by atomic mass is 16.6. The van der Waals surface area contributed by atoms with E-state index in [-0.39, 0.29) is 12.1 Å². The highest BCUT2D eigenvalue weighted by molar-refractivity contribution is 5.94. The Morgan fingerprint density at radius 3 is 2.48 bits per heavy atom. The zero-order chi connectivity index (χ0) is 20.4. The zero-order valence-electron chi connectivity index (χ0n) is 17.0.